The molecule has 0 fully saturated rings. The smallest absolute Gasteiger partial charge is 0.324 e. The summed E-state index contributed by atoms with van der Waals surface area (Å²) in [6.45, 7) is 0.0386. The molecule has 12 heteroatoms. The van der Waals surface area contributed by atoms with Crippen LogP contribution in [0.15, 0.2) is 18.2 Å². The van der Waals surface area contributed by atoms with Gasteiger partial charge in [0.1, 0.15) is 0 Å². The summed E-state index contributed by atoms with van der Waals surface area (Å²) in [5, 5.41) is 0. The Kier molecular flexibility index (Phi) is 9.13. The summed E-state index contributed by atoms with van der Waals surface area (Å²) in [5.74, 6) is -0.365. The molecular formula is C24H24I2O10. The molecule has 36 heavy (non-hydrogen) atoms. The Morgan fingerprint density at radius 2 is 1.44 bits per heavy atom. The highest BCUT2D eigenvalue weighted by atomic mass is 127. The molecule has 1 heterocycles. The van der Waals surface area contributed by atoms with Gasteiger partial charge in [-0.3, -0.25) is 14.4 Å². The van der Waals surface area contributed by atoms with E-state index in [0.29, 0.717) is 41.5 Å². The molecule has 0 saturated heterocycles. The number of hydrogen-bond acceptors (Lipinski definition) is 10. The summed E-state index contributed by atoms with van der Waals surface area (Å²) in [6.07, 6.45) is -0.747. The average molecular weight is 726 g/mol. The Morgan fingerprint density at radius 3 is 1.97 bits per heavy atom. The van der Waals surface area contributed by atoms with Gasteiger partial charge in [0, 0.05) is 22.0 Å². The van der Waals surface area contributed by atoms with Gasteiger partial charge in [0.2, 0.25) is 12.5 Å². The fraction of sp³-hybridized carbons (Fsp3) is 0.375. The summed E-state index contributed by atoms with van der Waals surface area (Å²) < 4.78 is 38.3. The lowest BCUT2D eigenvalue weighted by molar-refractivity contribution is -0.169. The van der Waals surface area contributed by atoms with Crippen LogP contribution in [0.4, 0.5) is 0 Å². The summed E-state index contributed by atoms with van der Waals surface area (Å²) in [7, 11) is 6.67. The summed E-state index contributed by atoms with van der Waals surface area (Å²) in [4.78, 5) is 40.0. The number of carbonyl (C=O) groups is 3. The highest BCUT2D eigenvalue weighted by Crippen LogP contribution is 2.45. The van der Waals surface area contributed by atoms with E-state index in [1.54, 1.807) is 12.1 Å². The number of benzene rings is 2. The molecule has 2 aromatic carbocycles. The van der Waals surface area contributed by atoms with Crippen LogP contribution < -0.4 is 23.7 Å². The fourth-order valence-electron chi connectivity index (χ4n) is 3.95. The molecule has 0 atom stereocenters. The number of hydrogen-bond donors (Lipinski definition) is 0. The second kappa shape index (κ2) is 11.7. The molecule has 0 N–H and O–H groups in total. The first kappa shape index (κ1) is 28.1. The van der Waals surface area contributed by atoms with Crippen molar-refractivity contribution < 1.29 is 47.5 Å². The lowest BCUT2D eigenvalue weighted by Gasteiger charge is -2.29. The highest BCUT2D eigenvalue weighted by molar-refractivity contribution is 14.1. The van der Waals surface area contributed by atoms with Gasteiger partial charge in [-0.15, -0.1) is 0 Å². The van der Waals surface area contributed by atoms with E-state index in [1.165, 1.54) is 27.4 Å². The molecule has 2 aromatic rings. The standard InChI is InChI=1S/C24H24I2O10/c1-30-18-6-12(19(26)21(32-3)20(18)31-2)9-24(22(28)33-4,23(29)34-5)10-15(27)13-7-16-17(8-14(13)25)36-11-35-16/h6-8H,9-11H2,1-5H3. The SMILES string of the molecule is COC(=O)C(CC(=O)c1cc2c(cc1I)OCO2)(Cc1cc(OC)c(OC)c(OC)c1I)C(=O)OC. The Balaban J connectivity index is 2.14. The number of ketones is 1. The molecule has 0 spiro atoms. The number of ether oxygens (including phenoxy) is 7. The van der Waals surface area contributed by atoms with Gasteiger partial charge in [-0.2, -0.15) is 0 Å². The fourth-order valence-corrected chi connectivity index (χ4v) is 5.50. The van der Waals surface area contributed by atoms with Gasteiger partial charge in [-0.05, 0) is 68.9 Å². The molecule has 1 aliphatic heterocycles. The third kappa shape index (κ3) is 5.14. The molecule has 0 aliphatic carbocycles. The maximum atomic E-state index is 13.6. The molecule has 3 rings (SSSR count). The van der Waals surface area contributed by atoms with E-state index in [-0.39, 0.29) is 18.8 Å². The number of carbonyl (C=O) groups excluding carboxylic acids is 3. The van der Waals surface area contributed by atoms with E-state index in [0.717, 1.165) is 14.2 Å². The molecule has 0 aromatic heterocycles. The van der Waals surface area contributed by atoms with Crippen LogP contribution in [0.2, 0.25) is 0 Å². The van der Waals surface area contributed by atoms with E-state index in [4.69, 9.17) is 33.2 Å². The molecular weight excluding hydrogens is 702 g/mol. The number of methoxy groups -OCH3 is 5. The van der Waals surface area contributed by atoms with Gasteiger partial charge in [-0.25, -0.2) is 0 Å². The second-order valence-electron chi connectivity index (χ2n) is 7.65. The number of esters is 2. The Labute approximate surface area is 235 Å². The largest absolute Gasteiger partial charge is 0.493 e. The lowest BCUT2D eigenvalue weighted by atomic mass is 9.76. The van der Waals surface area contributed by atoms with Crippen molar-refractivity contribution >= 4 is 62.9 Å². The summed E-state index contributed by atoms with van der Waals surface area (Å²) in [6, 6.07) is 4.82. The third-order valence-electron chi connectivity index (χ3n) is 5.71. The topological polar surface area (TPSA) is 116 Å². The van der Waals surface area contributed by atoms with Crippen molar-refractivity contribution in [1.82, 2.24) is 0 Å². The van der Waals surface area contributed by atoms with Crippen molar-refractivity contribution in [1.29, 1.82) is 0 Å². The zero-order chi connectivity index (χ0) is 26.6. The summed E-state index contributed by atoms with van der Waals surface area (Å²) in [5.41, 5.74) is -1.23. The normalized spacial score (nSPS) is 12.1. The predicted octanol–water partition coefficient (Wildman–Crippen LogP) is 3.80. The van der Waals surface area contributed by atoms with Crippen LogP contribution in [-0.2, 0) is 25.5 Å². The predicted molar refractivity (Wildman–Crippen MR) is 143 cm³/mol. The third-order valence-corrected chi connectivity index (χ3v) is 7.79. The van der Waals surface area contributed by atoms with Crippen molar-refractivity contribution in [2.45, 2.75) is 12.8 Å². The van der Waals surface area contributed by atoms with E-state index in [2.05, 4.69) is 0 Å². The minimum Gasteiger partial charge on any atom is -0.493 e. The number of halogens is 2. The van der Waals surface area contributed by atoms with Gasteiger partial charge in [-0.1, -0.05) is 0 Å². The molecule has 0 bridgehead atoms. The van der Waals surface area contributed by atoms with Crippen LogP contribution >= 0.6 is 45.2 Å². The number of rotatable bonds is 10. The van der Waals surface area contributed by atoms with E-state index < -0.39 is 29.6 Å². The van der Waals surface area contributed by atoms with Crippen LogP contribution in [0, 0.1) is 12.6 Å². The zero-order valence-electron chi connectivity index (χ0n) is 20.2. The van der Waals surface area contributed by atoms with E-state index in [9.17, 15) is 14.4 Å². The quantitative estimate of drug-likeness (QED) is 0.155. The first-order valence-electron chi connectivity index (χ1n) is 10.4. The molecule has 0 radical (unpaired) electrons. The maximum absolute atomic E-state index is 13.6. The minimum atomic E-state index is -2.00. The average Bonchev–Trinajstić information content (AvgIpc) is 3.34. The van der Waals surface area contributed by atoms with Crippen molar-refractivity contribution in [2.75, 3.05) is 42.3 Å². The lowest BCUT2D eigenvalue weighted by Crippen LogP contribution is -2.45. The van der Waals surface area contributed by atoms with E-state index >= 15 is 0 Å². The first-order valence-corrected chi connectivity index (χ1v) is 12.6. The second-order valence-corrected chi connectivity index (χ2v) is 9.89. The molecule has 194 valence electrons. The van der Waals surface area contributed by atoms with Crippen LogP contribution in [0.5, 0.6) is 28.7 Å². The minimum absolute atomic E-state index is 0.0386. The highest BCUT2D eigenvalue weighted by Gasteiger charge is 2.51. The van der Waals surface area contributed by atoms with Gasteiger partial charge < -0.3 is 33.2 Å². The Hall–Kier alpha value is -2.49. The van der Waals surface area contributed by atoms with Crippen LogP contribution in [0.25, 0.3) is 0 Å². The molecule has 10 nitrogen and oxygen atoms in total. The van der Waals surface area contributed by atoms with Gasteiger partial charge in [0.15, 0.2) is 34.2 Å². The Bertz CT molecular complexity index is 1180. The van der Waals surface area contributed by atoms with Crippen LogP contribution in [-0.4, -0.2) is 60.1 Å². The monoisotopic (exact) mass is 726 g/mol. The van der Waals surface area contributed by atoms with Crippen molar-refractivity contribution in [2.24, 2.45) is 5.41 Å². The van der Waals surface area contributed by atoms with Crippen molar-refractivity contribution in [3.63, 3.8) is 0 Å². The van der Waals surface area contributed by atoms with Crippen LogP contribution in [0.1, 0.15) is 22.3 Å². The van der Waals surface area contributed by atoms with Crippen molar-refractivity contribution in [3.05, 3.63) is 36.5 Å². The van der Waals surface area contributed by atoms with E-state index in [1.807, 2.05) is 45.2 Å². The molecule has 1 aliphatic rings. The Morgan fingerprint density at radius 1 is 0.861 bits per heavy atom. The number of fused-ring (bicyclic) bond motifs is 1. The first-order chi connectivity index (χ1) is 17.2. The molecule has 0 amide bonds. The van der Waals surface area contributed by atoms with Crippen LogP contribution in [0.3, 0.4) is 0 Å². The molecule has 0 saturated carbocycles. The molecule has 0 unspecified atom stereocenters. The maximum Gasteiger partial charge on any atom is 0.324 e. The number of Topliss-reactive ketones (excluding diaryl/α,β-unsaturated/α-hetero) is 1. The summed E-state index contributed by atoms with van der Waals surface area (Å²) >= 11 is 4.02. The van der Waals surface area contributed by atoms with Crippen molar-refractivity contribution in [3.8, 4) is 28.7 Å². The van der Waals surface area contributed by atoms with Gasteiger partial charge in [0.05, 0.1) is 39.1 Å². The zero-order valence-corrected chi connectivity index (χ0v) is 24.5. The van der Waals surface area contributed by atoms with Gasteiger partial charge >= 0.3 is 11.9 Å². The van der Waals surface area contributed by atoms with Gasteiger partial charge in [0.25, 0.3) is 0 Å².